The largest absolute Gasteiger partial charge is 0.481 e. The third-order valence-electron chi connectivity index (χ3n) is 7.61. The lowest BCUT2D eigenvalue weighted by atomic mass is 9.87. The molecule has 1 fully saturated rings. The molecule has 0 radical (unpaired) electrons. The first-order valence-corrected chi connectivity index (χ1v) is 22.3. The molecular weight excluding hydrogens is 855 g/mol. The Bertz CT molecular complexity index is 1980. The van der Waals surface area contributed by atoms with Crippen LogP contribution in [-0.4, -0.2) is 128 Å². The standard InChI is InChI=1S/C26H38N7O18P3S2/c1-26(2,20(37)23(38)29-6-5-15(34)28-7-8-55-25(39)14-3-4-16(35)56-14)10-48-54(45,46)51-53(43,44)47-9-13-19(50-52(40,41)42)18(36)24(49-13)33-12-32-17-21(27)30-11-31-22(17)33/h3,11-13,18-20,24,36-37H,4-10H2,1-2H3,(H,28,34)(H,29,38)(H,43,44)(H,45,46)(H2,27,30,31)(H2,40,41,42). The van der Waals surface area contributed by atoms with Gasteiger partial charge in [-0.05, 0) is 11.8 Å². The van der Waals surface area contributed by atoms with Crippen LogP contribution in [0.3, 0.4) is 0 Å². The van der Waals surface area contributed by atoms with Gasteiger partial charge in [0.1, 0.15) is 36.3 Å². The van der Waals surface area contributed by atoms with Crippen molar-refractivity contribution in [3.63, 3.8) is 0 Å². The smallest absolute Gasteiger partial charge is 0.386 e. The first kappa shape index (κ1) is 46.0. The van der Waals surface area contributed by atoms with Crippen molar-refractivity contribution in [2.75, 3.05) is 37.8 Å². The molecule has 25 nitrogen and oxygen atoms in total. The van der Waals surface area contributed by atoms with Crippen molar-refractivity contribution < 1.29 is 85.3 Å². The van der Waals surface area contributed by atoms with Crippen molar-refractivity contribution >= 4 is 86.0 Å². The number of nitrogens with zero attached hydrogens (tertiary/aromatic N) is 4. The van der Waals surface area contributed by atoms with E-state index in [4.69, 9.17) is 19.5 Å². The Morgan fingerprint density at radius 1 is 1.11 bits per heavy atom. The number of phosphoric acid groups is 3. The summed E-state index contributed by atoms with van der Waals surface area (Å²) in [6.45, 7) is 0.318. The zero-order chi connectivity index (χ0) is 41.6. The number of aliphatic hydroxyl groups excluding tert-OH is 2. The van der Waals surface area contributed by atoms with Crippen molar-refractivity contribution in [3.05, 3.63) is 23.6 Å². The summed E-state index contributed by atoms with van der Waals surface area (Å²) in [5.41, 5.74) is 4.22. The van der Waals surface area contributed by atoms with Crippen molar-refractivity contribution in [3.8, 4) is 0 Å². The zero-order valence-corrected chi connectivity index (χ0v) is 33.5. The first-order chi connectivity index (χ1) is 26.0. The number of carbonyl (C=O) groups excluding carboxylic acids is 4. The number of nitrogen functional groups attached to an aromatic ring is 1. The minimum atomic E-state index is -5.58. The van der Waals surface area contributed by atoms with Crippen molar-refractivity contribution in [1.82, 2.24) is 30.2 Å². The normalized spacial score (nSPS) is 23.0. The summed E-state index contributed by atoms with van der Waals surface area (Å²) in [5.74, 6) is -1.30. The molecule has 10 N–H and O–H groups in total. The minimum absolute atomic E-state index is 0.0242. The van der Waals surface area contributed by atoms with Crippen LogP contribution in [0.5, 0.6) is 0 Å². The summed E-state index contributed by atoms with van der Waals surface area (Å²) in [6.07, 6.45) is -5.29. The average Bonchev–Trinajstić information content (AvgIpc) is 3.81. The quantitative estimate of drug-likeness (QED) is 0.0581. The molecule has 0 bridgehead atoms. The third kappa shape index (κ3) is 12.9. The van der Waals surface area contributed by atoms with Gasteiger partial charge in [0.05, 0.1) is 24.4 Å². The lowest BCUT2D eigenvalue weighted by molar-refractivity contribution is -0.137. The van der Waals surface area contributed by atoms with Gasteiger partial charge >= 0.3 is 23.5 Å². The summed E-state index contributed by atoms with van der Waals surface area (Å²) >= 11 is 1.79. The average molecular weight is 894 g/mol. The van der Waals surface area contributed by atoms with Gasteiger partial charge in [-0.25, -0.2) is 28.6 Å². The number of thioether (sulfide) groups is 2. The highest BCUT2D eigenvalue weighted by Crippen LogP contribution is 2.61. The van der Waals surface area contributed by atoms with Crippen LogP contribution >= 0.6 is 47.0 Å². The minimum Gasteiger partial charge on any atom is -0.386 e. The molecule has 0 aliphatic carbocycles. The van der Waals surface area contributed by atoms with Crippen molar-refractivity contribution in [1.29, 1.82) is 0 Å². The lowest BCUT2D eigenvalue weighted by Crippen LogP contribution is -2.46. The van der Waals surface area contributed by atoms with Gasteiger partial charge in [-0.3, -0.25) is 37.3 Å². The number of aromatic nitrogens is 4. The number of hydrogen-bond donors (Lipinski definition) is 9. The second-order valence-electron chi connectivity index (χ2n) is 12.5. The summed E-state index contributed by atoms with van der Waals surface area (Å²) in [4.78, 5) is 99.1. The van der Waals surface area contributed by atoms with E-state index < -0.39 is 84.6 Å². The molecule has 4 heterocycles. The summed E-state index contributed by atoms with van der Waals surface area (Å²) in [5, 5.41) is 25.9. The van der Waals surface area contributed by atoms with E-state index in [1.807, 2.05) is 0 Å². The number of imidazole rings is 1. The highest BCUT2D eigenvalue weighted by Gasteiger charge is 2.50. The van der Waals surface area contributed by atoms with E-state index in [0.29, 0.717) is 4.91 Å². The second kappa shape index (κ2) is 18.9. The monoisotopic (exact) mass is 893 g/mol. The maximum Gasteiger partial charge on any atom is 0.481 e. The number of ether oxygens (including phenoxy) is 1. The highest BCUT2D eigenvalue weighted by molar-refractivity contribution is 8.22. The molecule has 0 aromatic carbocycles. The molecule has 2 aromatic heterocycles. The predicted octanol–water partition coefficient (Wildman–Crippen LogP) is -0.788. The number of allylic oxidation sites excluding steroid dienone is 1. The van der Waals surface area contributed by atoms with Gasteiger partial charge in [-0.15, -0.1) is 0 Å². The van der Waals surface area contributed by atoms with Gasteiger partial charge in [0.25, 0.3) is 0 Å². The van der Waals surface area contributed by atoms with E-state index in [9.17, 15) is 62.7 Å². The van der Waals surface area contributed by atoms with E-state index >= 15 is 0 Å². The van der Waals surface area contributed by atoms with Crippen LogP contribution in [0.25, 0.3) is 11.2 Å². The molecule has 1 saturated heterocycles. The SMILES string of the molecule is CC(C)(COP(=O)(O)OP(=O)(O)OCC1OC(n2cnc3c(N)ncnc32)C(O)C1OP(=O)(O)O)C(O)C(=O)NCCC(=O)NCCSC(=O)C1=CCC(=O)S1. The van der Waals surface area contributed by atoms with Crippen molar-refractivity contribution in [2.45, 2.75) is 57.3 Å². The fourth-order valence-electron chi connectivity index (χ4n) is 4.85. The molecule has 2 aliphatic heterocycles. The number of anilines is 1. The Labute approximate surface area is 324 Å². The predicted molar refractivity (Wildman–Crippen MR) is 192 cm³/mol. The number of fused-ring (bicyclic) bond motifs is 1. The topological polar surface area (TPSA) is 381 Å². The highest BCUT2D eigenvalue weighted by atomic mass is 32.2. The van der Waals surface area contributed by atoms with E-state index in [-0.39, 0.29) is 58.9 Å². The van der Waals surface area contributed by atoms with E-state index in [0.717, 1.165) is 40.7 Å². The maximum atomic E-state index is 12.7. The molecule has 312 valence electrons. The van der Waals surface area contributed by atoms with E-state index in [2.05, 4.69) is 34.4 Å². The van der Waals surface area contributed by atoms with E-state index in [1.54, 1.807) is 0 Å². The molecule has 7 atom stereocenters. The van der Waals surface area contributed by atoms with Gasteiger partial charge in [-0.1, -0.05) is 31.7 Å². The molecule has 2 aliphatic rings. The summed E-state index contributed by atoms with van der Waals surface area (Å²) in [6, 6.07) is 0. The number of nitrogens with one attached hydrogen (secondary N) is 2. The number of amides is 2. The van der Waals surface area contributed by atoms with Crippen LogP contribution in [0, 0.1) is 5.41 Å². The van der Waals surface area contributed by atoms with Crippen LogP contribution in [0.1, 0.15) is 32.9 Å². The Morgan fingerprint density at radius 2 is 1.80 bits per heavy atom. The summed E-state index contributed by atoms with van der Waals surface area (Å²) < 4.78 is 62.0. The number of carbonyl (C=O) groups is 4. The molecule has 0 saturated carbocycles. The molecule has 56 heavy (non-hydrogen) atoms. The Morgan fingerprint density at radius 3 is 2.46 bits per heavy atom. The Hall–Kier alpha value is -2.68. The number of aliphatic hydroxyl groups is 2. The summed E-state index contributed by atoms with van der Waals surface area (Å²) in [7, 11) is -16.4. The maximum absolute atomic E-state index is 12.7. The molecule has 4 rings (SSSR count). The fourth-order valence-corrected chi connectivity index (χ4v) is 9.26. The number of phosphoric ester groups is 3. The third-order valence-corrected chi connectivity index (χ3v) is 12.7. The number of nitrogens with two attached hydrogens (primary N) is 1. The van der Waals surface area contributed by atoms with Crippen molar-refractivity contribution in [2.24, 2.45) is 5.41 Å². The van der Waals surface area contributed by atoms with Gasteiger partial charge < -0.3 is 50.9 Å². The Kier molecular flexibility index (Phi) is 15.6. The molecule has 30 heteroatoms. The van der Waals surface area contributed by atoms with Gasteiger partial charge in [0.2, 0.25) is 16.9 Å². The van der Waals surface area contributed by atoms with Gasteiger partial charge in [-0.2, -0.15) is 4.31 Å². The molecule has 2 aromatic rings. The van der Waals surface area contributed by atoms with Gasteiger partial charge in [0, 0.05) is 37.1 Å². The number of rotatable bonds is 20. The van der Waals surface area contributed by atoms with E-state index in [1.165, 1.54) is 19.9 Å². The molecule has 2 amide bonds. The van der Waals surface area contributed by atoms with Crippen LogP contribution < -0.4 is 16.4 Å². The molecule has 0 spiro atoms. The zero-order valence-electron chi connectivity index (χ0n) is 29.2. The van der Waals surface area contributed by atoms with Crippen LogP contribution in [0.2, 0.25) is 0 Å². The molecular formula is C26H38N7O18P3S2. The van der Waals surface area contributed by atoms with Crippen LogP contribution in [-0.2, 0) is 55.5 Å². The fraction of sp³-hybridized carbons (Fsp3) is 0.577. The van der Waals surface area contributed by atoms with Crippen LogP contribution in [0.4, 0.5) is 5.82 Å². The first-order valence-electron chi connectivity index (χ1n) is 16.0. The van der Waals surface area contributed by atoms with Gasteiger partial charge in [0.15, 0.2) is 22.8 Å². The lowest BCUT2D eigenvalue weighted by Gasteiger charge is -2.30. The second-order valence-corrected chi connectivity index (χ2v) is 18.9. The Balaban J connectivity index is 1.23. The van der Waals surface area contributed by atoms with Crippen LogP contribution in [0.15, 0.2) is 23.6 Å². The number of hydrogen-bond acceptors (Lipinski definition) is 20. The molecule has 7 unspecified atom stereocenters.